The SMILES string of the molecule is COc1cc(-c2nc(-c3nnc(-c4ccccc4Cl)o3)c3ccccn23)cc(OC)c1OC. The highest BCUT2D eigenvalue weighted by Crippen LogP contribution is 2.42. The number of hydrogen-bond acceptors (Lipinski definition) is 7. The maximum absolute atomic E-state index is 6.29. The lowest BCUT2D eigenvalue weighted by atomic mass is 10.1. The van der Waals surface area contributed by atoms with Gasteiger partial charge in [-0.05, 0) is 36.4 Å². The summed E-state index contributed by atoms with van der Waals surface area (Å²) in [7, 11) is 4.71. The fourth-order valence-electron chi connectivity index (χ4n) is 3.67. The third-order valence-corrected chi connectivity index (χ3v) is 5.53. The van der Waals surface area contributed by atoms with Crippen LogP contribution in [0.15, 0.2) is 65.2 Å². The van der Waals surface area contributed by atoms with Crippen molar-refractivity contribution in [2.24, 2.45) is 0 Å². The molecule has 0 radical (unpaired) electrons. The molecule has 0 aliphatic rings. The predicted molar refractivity (Wildman–Crippen MR) is 124 cm³/mol. The molecule has 2 aromatic carbocycles. The third-order valence-electron chi connectivity index (χ3n) is 5.20. The molecule has 3 aromatic heterocycles. The molecule has 33 heavy (non-hydrogen) atoms. The number of ether oxygens (including phenoxy) is 3. The van der Waals surface area contributed by atoms with Gasteiger partial charge in [-0.15, -0.1) is 10.2 Å². The normalized spacial score (nSPS) is 11.0. The Hall–Kier alpha value is -4.04. The molecule has 166 valence electrons. The average molecular weight is 463 g/mol. The van der Waals surface area contributed by atoms with E-state index in [4.69, 9.17) is 35.2 Å². The fraction of sp³-hybridized carbons (Fsp3) is 0.125. The Morgan fingerprint density at radius 1 is 0.848 bits per heavy atom. The van der Waals surface area contributed by atoms with Crippen LogP contribution in [0.1, 0.15) is 0 Å². The molecule has 0 saturated heterocycles. The Kier molecular flexibility index (Phi) is 5.35. The van der Waals surface area contributed by atoms with E-state index in [0.717, 1.165) is 11.1 Å². The van der Waals surface area contributed by atoms with E-state index in [1.807, 2.05) is 59.1 Å². The maximum Gasteiger partial charge on any atom is 0.268 e. The molecule has 8 nitrogen and oxygen atoms in total. The Morgan fingerprint density at radius 2 is 1.55 bits per heavy atom. The fourth-order valence-corrected chi connectivity index (χ4v) is 3.89. The second-order valence-corrected chi connectivity index (χ2v) is 7.45. The van der Waals surface area contributed by atoms with E-state index in [-0.39, 0.29) is 5.89 Å². The third kappa shape index (κ3) is 3.54. The van der Waals surface area contributed by atoms with Gasteiger partial charge in [0.15, 0.2) is 17.2 Å². The number of pyridine rings is 1. The first-order valence-corrected chi connectivity index (χ1v) is 10.4. The van der Waals surface area contributed by atoms with E-state index < -0.39 is 0 Å². The Balaban J connectivity index is 1.68. The summed E-state index contributed by atoms with van der Waals surface area (Å²) in [4.78, 5) is 4.85. The van der Waals surface area contributed by atoms with Crippen LogP contribution in [-0.4, -0.2) is 40.9 Å². The minimum absolute atomic E-state index is 0.285. The van der Waals surface area contributed by atoms with Crippen LogP contribution >= 0.6 is 11.6 Å². The molecule has 9 heteroatoms. The predicted octanol–water partition coefficient (Wildman–Crippen LogP) is 5.40. The van der Waals surface area contributed by atoms with E-state index in [1.54, 1.807) is 27.4 Å². The lowest BCUT2D eigenvalue weighted by Gasteiger charge is -2.13. The smallest absolute Gasteiger partial charge is 0.268 e. The van der Waals surface area contributed by atoms with Crippen molar-refractivity contribution in [3.63, 3.8) is 0 Å². The van der Waals surface area contributed by atoms with Gasteiger partial charge in [-0.2, -0.15) is 0 Å². The van der Waals surface area contributed by atoms with Crippen molar-refractivity contribution in [3.05, 3.63) is 65.8 Å². The molecule has 5 aromatic rings. The molecular weight excluding hydrogens is 444 g/mol. The van der Waals surface area contributed by atoms with Crippen LogP contribution in [0, 0.1) is 0 Å². The quantitative estimate of drug-likeness (QED) is 0.334. The number of aromatic nitrogens is 4. The summed E-state index contributed by atoms with van der Waals surface area (Å²) < 4.78 is 24.4. The van der Waals surface area contributed by atoms with E-state index in [0.29, 0.717) is 45.2 Å². The second kappa shape index (κ2) is 8.48. The van der Waals surface area contributed by atoms with E-state index in [1.165, 1.54) is 0 Å². The minimum Gasteiger partial charge on any atom is -0.493 e. The van der Waals surface area contributed by atoms with Crippen LogP contribution < -0.4 is 14.2 Å². The summed E-state index contributed by atoms with van der Waals surface area (Å²) in [5, 5.41) is 8.95. The molecular formula is C24H19ClN4O4. The Morgan fingerprint density at radius 3 is 2.24 bits per heavy atom. The number of hydrogen-bond donors (Lipinski definition) is 0. The van der Waals surface area contributed by atoms with Crippen LogP contribution in [0.4, 0.5) is 0 Å². The highest BCUT2D eigenvalue weighted by Gasteiger charge is 2.22. The number of imidazole rings is 1. The van der Waals surface area contributed by atoms with Gasteiger partial charge in [0.05, 0.1) is 37.4 Å². The number of halogens is 1. The summed E-state index contributed by atoms with van der Waals surface area (Å²) in [6.45, 7) is 0. The van der Waals surface area contributed by atoms with Crippen molar-refractivity contribution in [2.45, 2.75) is 0 Å². The summed E-state index contributed by atoms with van der Waals surface area (Å²) >= 11 is 6.29. The molecule has 0 bridgehead atoms. The van der Waals surface area contributed by atoms with E-state index >= 15 is 0 Å². The van der Waals surface area contributed by atoms with Crippen LogP contribution in [0.2, 0.25) is 5.02 Å². The summed E-state index contributed by atoms with van der Waals surface area (Å²) in [6.07, 6.45) is 1.91. The average Bonchev–Trinajstić information content (AvgIpc) is 3.48. The van der Waals surface area contributed by atoms with Gasteiger partial charge in [0.25, 0.3) is 5.89 Å². The first-order chi connectivity index (χ1) is 16.1. The van der Waals surface area contributed by atoms with Crippen LogP contribution in [0.3, 0.4) is 0 Å². The Labute approximate surface area is 194 Å². The van der Waals surface area contributed by atoms with Gasteiger partial charge >= 0.3 is 0 Å². The van der Waals surface area contributed by atoms with Crippen LogP contribution in [-0.2, 0) is 0 Å². The molecule has 0 atom stereocenters. The van der Waals surface area contributed by atoms with Crippen molar-refractivity contribution in [1.82, 2.24) is 19.6 Å². The van der Waals surface area contributed by atoms with Gasteiger partial charge in [-0.3, -0.25) is 4.40 Å². The summed E-state index contributed by atoms with van der Waals surface area (Å²) in [6, 6.07) is 16.8. The van der Waals surface area contributed by atoms with Crippen molar-refractivity contribution in [2.75, 3.05) is 21.3 Å². The van der Waals surface area contributed by atoms with E-state index in [2.05, 4.69) is 10.2 Å². The topological polar surface area (TPSA) is 83.9 Å². The molecule has 0 N–H and O–H groups in total. The van der Waals surface area contributed by atoms with Gasteiger partial charge in [0.2, 0.25) is 11.6 Å². The number of methoxy groups -OCH3 is 3. The highest BCUT2D eigenvalue weighted by molar-refractivity contribution is 6.33. The molecule has 0 aliphatic carbocycles. The van der Waals surface area contributed by atoms with Crippen molar-refractivity contribution >= 4 is 17.1 Å². The molecule has 0 fully saturated rings. The monoisotopic (exact) mass is 462 g/mol. The molecule has 0 spiro atoms. The zero-order valence-corrected chi connectivity index (χ0v) is 18.8. The largest absolute Gasteiger partial charge is 0.493 e. The zero-order chi connectivity index (χ0) is 22.9. The second-order valence-electron chi connectivity index (χ2n) is 7.05. The molecule has 0 saturated carbocycles. The Bertz CT molecular complexity index is 1440. The first-order valence-electron chi connectivity index (χ1n) is 10.0. The lowest BCUT2D eigenvalue weighted by Crippen LogP contribution is -1.97. The molecule has 0 unspecified atom stereocenters. The lowest BCUT2D eigenvalue weighted by molar-refractivity contribution is 0.324. The summed E-state index contributed by atoms with van der Waals surface area (Å²) in [5.74, 6) is 2.82. The molecule has 0 amide bonds. The highest BCUT2D eigenvalue weighted by atomic mass is 35.5. The number of nitrogens with zero attached hydrogens (tertiary/aromatic N) is 4. The van der Waals surface area contributed by atoms with Gasteiger partial charge in [0.1, 0.15) is 5.82 Å². The van der Waals surface area contributed by atoms with E-state index in [9.17, 15) is 0 Å². The minimum atomic E-state index is 0.285. The first kappa shape index (κ1) is 20.8. The number of benzene rings is 2. The number of fused-ring (bicyclic) bond motifs is 1. The van der Waals surface area contributed by atoms with Crippen molar-refractivity contribution in [3.8, 4) is 51.7 Å². The maximum atomic E-state index is 6.29. The van der Waals surface area contributed by atoms with Gasteiger partial charge in [0, 0.05) is 11.8 Å². The van der Waals surface area contributed by atoms with Gasteiger partial charge in [-0.25, -0.2) is 4.98 Å². The molecule has 5 rings (SSSR count). The van der Waals surface area contributed by atoms with Gasteiger partial charge in [-0.1, -0.05) is 29.8 Å². The van der Waals surface area contributed by atoms with Crippen molar-refractivity contribution < 1.29 is 18.6 Å². The van der Waals surface area contributed by atoms with Crippen LogP contribution in [0.25, 0.3) is 39.9 Å². The number of rotatable bonds is 6. The van der Waals surface area contributed by atoms with Gasteiger partial charge < -0.3 is 18.6 Å². The summed E-state index contributed by atoms with van der Waals surface area (Å²) in [5.41, 5.74) is 2.77. The van der Waals surface area contributed by atoms with Crippen LogP contribution in [0.5, 0.6) is 17.2 Å². The zero-order valence-electron chi connectivity index (χ0n) is 18.1. The molecule has 0 aliphatic heterocycles. The standard InChI is InChI=1S/C24H19ClN4O4/c1-30-18-12-14(13-19(31-2)21(18)32-3)22-26-20(17-10-6-7-11-29(17)22)24-28-27-23(33-24)15-8-4-5-9-16(15)25/h4-13H,1-3H3. The molecule has 3 heterocycles. The van der Waals surface area contributed by atoms with Crippen molar-refractivity contribution in [1.29, 1.82) is 0 Å².